The van der Waals surface area contributed by atoms with Crippen LogP contribution in [0.25, 0.3) is 0 Å². The molecule has 1 heterocycles. The largest absolute Gasteiger partial charge is 1.00 e. The van der Waals surface area contributed by atoms with Crippen LogP contribution >= 0.6 is 11.8 Å². The first-order valence-electron chi connectivity index (χ1n) is 4.17. The minimum absolute atomic E-state index is 0. The third-order valence-corrected chi connectivity index (χ3v) is 2.62. The molecule has 1 fully saturated rings. The average molecular weight is 237 g/mol. The second-order valence-electron chi connectivity index (χ2n) is 2.78. The Bertz CT molecular complexity index is 202. The summed E-state index contributed by atoms with van der Waals surface area (Å²) < 4.78 is 0. The van der Waals surface area contributed by atoms with E-state index in [1.54, 1.807) is 0 Å². The summed E-state index contributed by atoms with van der Waals surface area (Å²) in [6.07, 6.45) is 0.823. The van der Waals surface area contributed by atoms with E-state index in [2.05, 4.69) is 4.99 Å². The van der Waals surface area contributed by atoms with Crippen LogP contribution in [0.1, 0.15) is 0 Å². The summed E-state index contributed by atoms with van der Waals surface area (Å²) in [5, 5.41) is 7.58. The highest BCUT2D eigenvalue weighted by Crippen LogP contribution is 2.09. The van der Waals surface area contributed by atoms with Gasteiger partial charge in [-0.25, -0.2) is 4.99 Å². The first-order valence-corrected chi connectivity index (χ1v) is 5.32. The Kier molecular flexibility index (Phi) is 6.90. The van der Waals surface area contributed by atoms with Gasteiger partial charge in [0.15, 0.2) is 0 Å². The third-order valence-electron chi connectivity index (χ3n) is 1.68. The smallest absolute Gasteiger partial charge is 0.217 e. The van der Waals surface area contributed by atoms with Crippen LogP contribution in [-0.4, -0.2) is 47.8 Å². The van der Waals surface area contributed by atoms with Crippen molar-refractivity contribution in [2.24, 2.45) is 16.5 Å². The van der Waals surface area contributed by atoms with E-state index in [4.69, 9.17) is 16.9 Å². The van der Waals surface area contributed by atoms with Crippen molar-refractivity contribution in [2.75, 3.05) is 24.6 Å². The number of hydrogen-bond acceptors (Lipinski definition) is 4. The zero-order chi connectivity index (χ0) is 9.68. The molecule has 1 rings (SSSR count). The first-order chi connectivity index (χ1) is 6.20. The van der Waals surface area contributed by atoms with Gasteiger partial charge in [-0.15, -0.1) is 0 Å². The molecule has 0 aromatic carbocycles. The van der Waals surface area contributed by atoms with Crippen LogP contribution in [0.5, 0.6) is 0 Å². The monoisotopic (exact) mass is 236 g/mol. The average Bonchev–Trinajstić information content (AvgIpc) is 2.15. The quantitative estimate of drug-likeness (QED) is 0.248. The maximum Gasteiger partial charge on any atom is 0.217 e. The Hall–Kier alpha value is -0.300. The van der Waals surface area contributed by atoms with Gasteiger partial charge in [-0.1, -0.05) is 0 Å². The van der Waals surface area contributed by atoms with Crippen LogP contribution in [0.2, 0.25) is 0 Å². The summed E-state index contributed by atoms with van der Waals surface area (Å²) >= 11 is 1.90. The molecule has 1 saturated heterocycles. The molecule has 0 atom stereocenters. The zero-order valence-corrected chi connectivity index (χ0v) is 9.39. The van der Waals surface area contributed by atoms with E-state index in [-0.39, 0.29) is 18.4 Å². The molecule has 0 aromatic heterocycles. The van der Waals surface area contributed by atoms with Gasteiger partial charge in [0, 0.05) is 30.8 Å². The molecule has 82 valence electrons. The van der Waals surface area contributed by atoms with Gasteiger partial charge in [0.2, 0.25) is 5.96 Å². The van der Waals surface area contributed by atoms with Gasteiger partial charge in [-0.2, -0.15) is 11.8 Å². The number of aliphatic imine (C=N–C) groups is 1. The van der Waals surface area contributed by atoms with Crippen molar-refractivity contribution < 1.29 is 12.4 Å². The van der Waals surface area contributed by atoms with E-state index in [0.29, 0.717) is 0 Å². The summed E-state index contributed by atoms with van der Waals surface area (Å²) in [6, 6.07) is 0. The topological polar surface area (TPSA) is 91.5 Å². The van der Waals surface area contributed by atoms with Crippen LogP contribution in [0, 0.1) is 5.41 Å². The molecule has 5 nitrogen and oxygen atoms in total. The minimum Gasteiger partial charge on any atom is -1.00 e. The molecule has 1 aliphatic heterocycles. The Balaban J connectivity index is 0.00000169. The van der Waals surface area contributed by atoms with Gasteiger partial charge in [-0.3, -0.25) is 5.41 Å². The molecule has 0 saturated carbocycles. The fraction of sp³-hybridized carbons (Fsp3) is 0.714. The number of hydrogen-bond donors (Lipinski definition) is 3. The number of guanidine groups is 1. The zero-order valence-electron chi connectivity index (χ0n) is 7.82. The predicted molar refractivity (Wildman–Crippen MR) is 57.3 cm³/mol. The molecule has 0 aliphatic carbocycles. The SMILES string of the molecule is N=C(/N=C/C(N)N)N1CCSCC1.[Cl-]. The molecular formula is C7H15ClN5S-. The van der Waals surface area contributed by atoms with Gasteiger partial charge in [-0.05, 0) is 0 Å². The molecule has 0 bridgehead atoms. The maximum atomic E-state index is 7.58. The first kappa shape index (κ1) is 13.7. The molecule has 1 aliphatic rings. The minimum atomic E-state index is -0.570. The second-order valence-corrected chi connectivity index (χ2v) is 4.00. The summed E-state index contributed by atoms with van der Waals surface area (Å²) in [6.45, 7) is 1.78. The van der Waals surface area contributed by atoms with Crippen LogP contribution in [0.4, 0.5) is 0 Å². The van der Waals surface area contributed by atoms with Crippen LogP contribution in [0.3, 0.4) is 0 Å². The van der Waals surface area contributed by atoms with E-state index in [9.17, 15) is 0 Å². The molecule has 5 N–H and O–H groups in total. The van der Waals surface area contributed by atoms with Gasteiger partial charge in [0.1, 0.15) is 0 Å². The van der Waals surface area contributed by atoms with Crippen molar-refractivity contribution in [3.63, 3.8) is 0 Å². The Labute approximate surface area is 94.2 Å². The van der Waals surface area contributed by atoms with E-state index in [1.807, 2.05) is 16.7 Å². The van der Waals surface area contributed by atoms with E-state index >= 15 is 0 Å². The predicted octanol–water partition coefficient (Wildman–Crippen LogP) is -3.71. The highest BCUT2D eigenvalue weighted by atomic mass is 35.5. The van der Waals surface area contributed by atoms with Gasteiger partial charge in [0.05, 0.1) is 6.17 Å². The number of rotatable bonds is 1. The lowest BCUT2D eigenvalue weighted by Crippen LogP contribution is -3.00. The summed E-state index contributed by atoms with van der Waals surface area (Å²) in [5.41, 5.74) is 10.6. The van der Waals surface area contributed by atoms with Crippen LogP contribution in [-0.2, 0) is 0 Å². The lowest BCUT2D eigenvalue weighted by atomic mass is 10.5. The number of thioether (sulfide) groups is 1. The number of nitrogens with zero attached hydrogens (tertiary/aromatic N) is 2. The maximum absolute atomic E-state index is 7.58. The fourth-order valence-corrected chi connectivity index (χ4v) is 1.92. The Morgan fingerprint density at radius 1 is 1.43 bits per heavy atom. The lowest BCUT2D eigenvalue weighted by Gasteiger charge is -2.26. The molecule has 0 unspecified atom stereocenters. The Morgan fingerprint density at radius 2 is 2.00 bits per heavy atom. The van der Waals surface area contributed by atoms with E-state index in [0.717, 1.165) is 24.6 Å². The van der Waals surface area contributed by atoms with Crippen LogP contribution in [0.15, 0.2) is 4.99 Å². The van der Waals surface area contributed by atoms with Crippen molar-refractivity contribution in [3.05, 3.63) is 0 Å². The molecule has 0 aromatic rings. The number of nitrogens with one attached hydrogen (secondary N) is 1. The molecular weight excluding hydrogens is 222 g/mol. The molecule has 7 heteroatoms. The Morgan fingerprint density at radius 3 is 2.50 bits per heavy atom. The number of halogens is 1. The van der Waals surface area contributed by atoms with Crippen molar-refractivity contribution in [2.45, 2.75) is 6.17 Å². The third kappa shape index (κ3) is 4.80. The van der Waals surface area contributed by atoms with Crippen molar-refractivity contribution in [1.82, 2.24) is 4.90 Å². The van der Waals surface area contributed by atoms with Crippen molar-refractivity contribution in [3.8, 4) is 0 Å². The summed E-state index contributed by atoms with van der Waals surface area (Å²) in [4.78, 5) is 5.80. The van der Waals surface area contributed by atoms with Gasteiger partial charge < -0.3 is 28.8 Å². The summed E-state index contributed by atoms with van der Waals surface area (Å²) in [7, 11) is 0. The summed E-state index contributed by atoms with van der Waals surface area (Å²) in [5.74, 6) is 2.39. The highest BCUT2D eigenvalue weighted by molar-refractivity contribution is 7.99. The lowest BCUT2D eigenvalue weighted by molar-refractivity contribution is -0.00000328. The molecule has 0 radical (unpaired) electrons. The fourth-order valence-electron chi connectivity index (χ4n) is 1.01. The standard InChI is InChI=1S/C7H15N5S.ClH/c8-6(9)5-11-7(10)12-1-3-13-4-2-12;/h5-6,10H,1-4,8-9H2;1H/p-1/b10-7?,11-5+;. The molecule has 0 amide bonds. The van der Waals surface area contributed by atoms with E-state index in [1.165, 1.54) is 6.21 Å². The molecule has 14 heavy (non-hydrogen) atoms. The van der Waals surface area contributed by atoms with E-state index < -0.39 is 6.17 Å². The highest BCUT2D eigenvalue weighted by Gasteiger charge is 2.12. The normalized spacial score (nSPS) is 17.2. The van der Waals surface area contributed by atoms with Crippen LogP contribution < -0.4 is 23.9 Å². The van der Waals surface area contributed by atoms with Crippen molar-refractivity contribution >= 4 is 23.9 Å². The van der Waals surface area contributed by atoms with Crippen molar-refractivity contribution in [1.29, 1.82) is 5.41 Å². The molecule has 0 spiro atoms. The van der Waals surface area contributed by atoms with Gasteiger partial charge >= 0.3 is 0 Å². The second kappa shape index (κ2) is 7.05. The van der Waals surface area contributed by atoms with Gasteiger partial charge in [0.25, 0.3) is 0 Å². The number of nitrogens with two attached hydrogens (primary N) is 2.